The molecular formula is C16H29N4O2+. The fraction of sp³-hybridized carbons (Fsp3) is 0.625. The molecule has 0 spiro atoms. The smallest absolute Gasteiger partial charge is 0.142 e. The molecule has 1 aliphatic rings. The Kier molecular flexibility index (Phi) is 5.88. The lowest BCUT2D eigenvalue weighted by Gasteiger charge is -2.44. The molecule has 1 saturated heterocycles. The van der Waals surface area contributed by atoms with E-state index in [4.69, 9.17) is 16.2 Å². The first-order valence-corrected chi connectivity index (χ1v) is 8.05. The number of aliphatic hydroxyl groups is 1. The van der Waals surface area contributed by atoms with E-state index in [1.54, 1.807) is 12.1 Å². The van der Waals surface area contributed by atoms with Crippen molar-refractivity contribution < 1.29 is 14.3 Å². The first-order chi connectivity index (χ1) is 10.6. The predicted octanol–water partition coefficient (Wildman–Crippen LogP) is 0.374. The Balaban J connectivity index is 1.75. The van der Waals surface area contributed by atoms with Gasteiger partial charge in [0, 0.05) is 25.3 Å². The molecule has 0 saturated carbocycles. The van der Waals surface area contributed by atoms with Crippen LogP contribution in [0.15, 0.2) is 18.2 Å². The molecule has 1 aromatic carbocycles. The lowest BCUT2D eigenvalue weighted by atomic mass is 10.2. The Morgan fingerprint density at radius 3 is 2.59 bits per heavy atom. The van der Waals surface area contributed by atoms with Crippen LogP contribution in [0.1, 0.15) is 6.92 Å². The monoisotopic (exact) mass is 309 g/mol. The molecule has 0 unspecified atom stereocenters. The number of aliphatic hydroxyl groups excluding tert-OH is 1. The van der Waals surface area contributed by atoms with Gasteiger partial charge in [-0.15, -0.1) is 0 Å². The van der Waals surface area contributed by atoms with Crippen LogP contribution in [0.3, 0.4) is 0 Å². The van der Waals surface area contributed by atoms with E-state index >= 15 is 0 Å². The molecule has 2 rings (SSSR count). The van der Waals surface area contributed by atoms with Gasteiger partial charge in [0.2, 0.25) is 0 Å². The summed E-state index contributed by atoms with van der Waals surface area (Å²) in [4.78, 5) is 2.41. The van der Waals surface area contributed by atoms with Crippen molar-refractivity contribution in [1.82, 2.24) is 4.90 Å². The number of quaternary nitrogens is 1. The Labute approximate surface area is 132 Å². The minimum Gasteiger partial charge on any atom is -0.490 e. The van der Waals surface area contributed by atoms with Crippen molar-refractivity contribution in [3.63, 3.8) is 0 Å². The summed E-state index contributed by atoms with van der Waals surface area (Å²) in [6.07, 6.45) is 0. The van der Waals surface area contributed by atoms with Crippen LogP contribution in [0.25, 0.3) is 0 Å². The summed E-state index contributed by atoms with van der Waals surface area (Å²) in [6.45, 7) is 10.2. The Hall–Kier alpha value is -1.50. The van der Waals surface area contributed by atoms with Gasteiger partial charge in [-0.1, -0.05) is 0 Å². The zero-order valence-electron chi connectivity index (χ0n) is 13.5. The molecule has 0 aromatic heterocycles. The number of nitrogen functional groups attached to an aromatic ring is 2. The minimum atomic E-state index is 0.271. The number of hydrogen-bond acceptors (Lipinski definition) is 5. The number of nitrogens with zero attached hydrogens (tertiary/aromatic N) is 2. The Bertz CT molecular complexity index is 473. The second-order valence-electron chi connectivity index (χ2n) is 6.04. The topological polar surface area (TPSA) is 84.7 Å². The molecule has 1 fully saturated rings. The summed E-state index contributed by atoms with van der Waals surface area (Å²) in [5, 5.41) is 9.22. The fourth-order valence-electron chi connectivity index (χ4n) is 3.05. The average molecular weight is 309 g/mol. The van der Waals surface area contributed by atoms with E-state index in [0.29, 0.717) is 23.7 Å². The molecule has 0 bridgehead atoms. The number of rotatable bonds is 7. The normalized spacial score (nSPS) is 18.3. The zero-order valence-corrected chi connectivity index (χ0v) is 13.5. The summed E-state index contributed by atoms with van der Waals surface area (Å²) in [6, 6.07) is 5.34. The standard InChI is InChI=1S/C16H29N4O2/c1-2-20(10-11-21)8-5-19(6-9-20)7-12-22-16-4-3-14(17)13-15(16)18/h3-4,13,21H,2,5-12,17-18H2,1H3/q+1. The lowest BCUT2D eigenvalue weighted by Crippen LogP contribution is -2.60. The largest absolute Gasteiger partial charge is 0.490 e. The zero-order chi connectivity index (χ0) is 16.0. The first kappa shape index (κ1) is 16.9. The van der Waals surface area contributed by atoms with Crippen LogP contribution in [0, 0.1) is 0 Å². The van der Waals surface area contributed by atoms with Crippen LogP contribution in [0.2, 0.25) is 0 Å². The molecule has 124 valence electrons. The van der Waals surface area contributed by atoms with Crippen molar-refractivity contribution in [2.75, 3.05) is 70.5 Å². The van der Waals surface area contributed by atoms with Gasteiger partial charge in [-0.3, -0.25) is 4.90 Å². The lowest BCUT2D eigenvalue weighted by molar-refractivity contribution is -0.930. The number of benzene rings is 1. The van der Waals surface area contributed by atoms with E-state index in [9.17, 15) is 5.11 Å². The number of likely N-dealkylation sites (N-methyl/N-ethyl adjacent to an activating group) is 1. The second kappa shape index (κ2) is 7.67. The maximum Gasteiger partial charge on any atom is 0.142 e. The molecular weight excluding hydrogens is 280 g/mol. The van der Waals surface area contributed by atoms with E-state index in [1.165, 1.54) is 0 Å². The third-order valence-electron chi connectivity index (χ3n) is 4.73. The van der Waals surface area contributed by atoms with Gasteiger partial charge >= 0.3 is 0 Å². The highest BCUT2D eigenvalue weighted by Crippen LogP contribution is 2.23. The molecule has 0 radical (unpaired) electrons. The number of nitrogens with two attached hydrogens (primary N) is 2. The molecule has 0 atom stereocenters. The van der Waals surface area contributed by atoms with E-state index in [2.05, 4.69) is 11.8 Å². The highest BCUT2D eigenvalue weighted by molar-refractivity contribution is 5.60. The van der Waals surface area contributed by atoms with Crippen LogP contribution < -0.4 is 16.2 Å². The molecule has 0 amide bonds. The number of anilines is 2. The van der Waals surface area contributed by atoms with Gasteiger partial charge in [0.15, 0.2) is 0 Å². The van der Waals surface area contributed by atoms with E-state index in [1.807, 2.05) is 6.07 Å². The Morgan fingerprint density at radius 2 is 2.00 bits per heavy atom. The van der Waals surface area contributed by atoms with Gasteiger partial charge in [-0.25, -0.2) is 0 Å². The van der Waals surface area contributed by atoms with Crippen LogP contribution >= 0.6 is 0 Å². The summed E-state index contributed by atoms with van der Waals surface area (Å²) < 4.78 is 6.78. The van der Waals surface area contributed by atoms with Crippen LogP contribution in [0.4, 0.5) is 11.4 Å². The molecule has 6 heteroatoms. The van der Waals surface area contributed by atoms with Gasteiger partial charge in [0.1, 0.15) is 18.9 Å². The molecule has 22 heavy (non-hydrogen) atoms. The summed E-state index contributed by atoms with van der Waals surface area (Å²) in [7, 11) is 0. The van der Waals surface area contributed by atoms with Crippen molar-refractivity contribution in [2.24, 2.45) is 0 Å². The Morgan fingerprint density at radius 1 is 1.27 bits per heavy atom. The molecule has 1 aromatic rings. The molecule has 1 aliphatic heterocycles. The highest BCUT2D eigenvalue weighted by atomic mass is 16.5. The number of hydrogen-bond donors (Lipinski definition) is 3. The summed E-state index contributed by atoms with van der Waals surface area (Å²) >= 11 is 0. The van der Waals surface area contributed by atoms with Gasteiger partial charge < -0.3 is 25.8 Å². The van der Waals surface area contributed by atoms with Crippen LogP contribution in [-0.4, -0.2) is 73.5 Å². The second-order valence-corrected chi connectivity index (χ2v) is 6.04. The quantitative estimate of drug-likeness (QED) is 0.501. The maximum absolute atomic E-state index is 9.22. The maximum atomic E-state index is 9.22. The number of piperazine rings is 1. The average Bonchev–Trinajstić information content (AvgIpc) is 2.51. The third kappa shape index (κ3) is 4.25. The molecule has 5 N–H and O–H groups in total. The van der Waals surface area contributed by atoms with Gasteiger partial charge in [-0.05, 0) is 25.1 Å². The van der Waals surface area contributed by atoms with Crippen molar-refractivity contribution in [3.8, 4) is 5.75 Å². The van der Waals surface area contributed by atoms with E-state index in [0.717, 1.165) is 50.3 Å². The van der Waals surface area contributed by atoms with Gasteiger partial charge in [-0.2, -0.15) is 0 Å². The van der Waals surface area contributed by atoms with Gasteiger partial charge in [0.05, 0.1) is 31.9 Å². The first-order valence-electron chi connectivity index (χ1n) is 8.05. The molecule has 6 nitrogen and oxygen atoms in total. The van der Waals surface area contributed by atoms with Crippen LogP contribution in [-0.2, 0) is 0 Å². The van der Waals surface area contributed by atoms with Crippen molar-refractivity contribution in [3.05, 3.63) is 18.2 Å². The van der Waals surface area contributed by atoms with Gasteiger partial charge in [0.25, 0.3) is 0 Å². The fourth-order valence-corrected chi connectivity index (χ4v) is 3.05. The third-order valence-corrected chi connectivity index (χ3v) is 4.73. The van der Waals surface area contributed by atoms with Crippen LogP contribution in [0.5, 0.6) is 5.75 Å². The van der Waals surface area contributed by atoms with E-state index < -0.39 is 0 Å². The van der Waals surface area contributed by atoms with Crippen molar-refractivity contribution >= 4 is 11.4 Å². The SMILES string of the molecule is CC[N+]1(CCO)CCN(CCOc2ccc(N)cc2N)CC1. The molecule has 1 heterocycles. The highest BCUT2D eigenvalue weighted by Gasteiger charge is 2.30. The summed E-state index contributed by atoms with van der Waals surface area (Å²) in [5.74, 6) is 0.699. The van der Waals surface area contributed by atoms with Crippen molar-refractivity contribution in [2.45, 2.75) is 6.92 Å². The predicted molar refractivity (Wildman–Crippen MR) is 89.7 cm³/mol. The van der Waals surface area contributed by atoms with E-state index in [-0.39, 0.29) is 6.61 Å². The molecule has 0 aliphatic carbocycles. The summed E-state index contributed by atoms with van der Waals surface area (Å²) in [5.41, 5.74) is 12.8. The number of ether oxygens (including phenoxy) is 1. The van der Waals surface area contributed by atoms with Crippen molar-refractivity contribution in [1.29, 1.82) is 0 Å². The minimum absolute atomic E-state index is 0.271.